The highest BCUT2D eigenvalue weighted by Gasteiger charge is 2.16. The molecular formula is C10H11BrF2N2O. The lowest BCUT2D eigenvalue weighted by molar-refractivity contribution is -0.117. The Morgan fingerprint density at radius 2 is 1.88 bits per heavy atom. The molecule has 1 aromatic rings. The largest absolute Gasteiger partial charge is 0.320 e. The number of anilines is 1. The average Bonchev–Trinajstić information content (AvgIpc) is 2.21. The van der Waals surface area contributed by atoms with Gasteiger partial charge in [-0.2, -0.15) is 0 Å². The van der Waals surface area contributed by atoms with Crippen LogP contribution in [0.2, 0.25) is 0 Å². The smallest absolute Gasteiger partial charge is 0.241 e. The van der Waals surface area contributed by atoms with Crippen LogP contribution in [0.4, 0.5) is 14.5 Å². The Balaban J connectivity index is 2.93. The average molecular weight is 293 g/mol. The topological polar surface area (TPSA) is 41.1 Å². The maximum atomic E-state index is 13.3. The van der Waals surface area contributed by atoms with E-state index in [1.54, 1.807) is 14.0 Å². The lowest BCUT2D eigenvalue weighted by Crippen LogP contribution is -2.36. The number of carbonyl (C=O) groups is 1. The van der Waals surface area contributed by atoms with Crippen molar-refractivity contribution in [2.24, 2.45) is 0 Å². The van der Waals surface area contributed by atoms with Crippen LogP contribution in [0.25, 0.3) is 0 Å². The number of rotatable bonds is 3. The molecule has 3 nitrogen and oxygen atoms in total. The van der Waals surface area contributed by atoms with Crippen LogP contribution < -0.4 is 10.6 Å². The molecule has 1 rings (SSSR count). The summed E-state index contributed by atoms with van der Waals surface area (Å²) >= 11 is 2.95. The molecule has 6 heteroatoms. The van der Waals surface area contributed by atoms with E-state index in [4.69, 9.17) is 0 Å². The van der Waals surface area contributed by atoms with Gasteiger partial charge in [-0.1, -0.05) is 15.9 Å². The van der Waals surface area contributed by atoms with Crippen molar-refractivity contribution in [1.82, 2.24) is 5.32 Å². The summed E-state index contributed by atoms with van der Waals surface area (Å²) in [6, 6.07) is 1.65. The summed E-state index contributed by atoms with van der Waals surface area (Å²) < 4.78 is 26.9. The molecule has 1 atom stereocenters. The summed E-state index contributed by atoms with van der Waals surface area (Å²) in [6.45, 7) is 1.59. The molecule has 0 aromatic heterocycles. The fourth-order valence-corrected chi connectivity index (χ4v) is 1.43. The first-order valence-electron chi connectivity index (χ1n) is 4.58. The number of nitrogens with one attached hydrogen (secondary N) is 2. The molecule has 0 fully saturated rings. The predicted molar refractivity (Wildman–Crippen MR) is 61.2 cm³/mol. The fraction of sp³-hybridized carbons (Fsp3) is 0.300. The van der Waals surface area contributed by atoms with Crippen LogP contribution in [0.3, 0.4) is 0 Å². The highest BCUT2D eigenvalue weighted by Crippen LogP contribution is 2.23. The molecule has 1 unspecified atom stereocenters. The Bertz CT molecular complexity index is 389. The van der Waals surface area contributed by atoms with Gasteiger partial charge >= 0.3 is 0 Å². The molecule has 0 radical (unpaired) electrons. The van der Waals surface area contributed by atoms with Gasteiger partial charge in [0.25, 0.3) is 0 Å². The SMILES string of the molecule is CNC(C)C(=O)Nc1c(F)cc(Br)cc1F. The van der Waals surface area contributed by atoms with Crippen LogP contribution in [0.5, 0.6) is 0 Å². The molecule has 1 aromatic carbocycles. The zero-order chi connectivity index (χ0) is 12.3. The molecule has 16 heavy (non-hydrogen) atoms. The van der Waals surface area contributed by atoms with Gasteiger partial charge < -0.3 is 10.6 Å². The molecule has 88 valence electrons. The molecule has 0 aliphatic heterocycles. The van der Waals surface area contributed by atoms with Crippen molar-refractivity contribution in [2.45, 2.75) is 13.0 Å². The molecule has 0 spiro atoms. The van der Waals surface area contributed by atoms with Crippen LogP contribution in [0.15, 0.2) is 16.6 Å². The van der Waals surface area contributed by atoms with Crippen LogP contribution >= 0.6 is 15.9 Å². The maximum absolute atomic E-state index is 13.3. The highest BCUT2D eigenvalue weighted by molar-refractivity contribution is 9.10. The minimum atomic E-state index is -0.816. The number of likely N-dealkylation sites (N-methyl/N-ethyl adjacent to an activating group) is 1. The Hall–Kier alpha value is -1.01. The van der Waals surface area contributed by atoms with E-state index in [0.717, 1.165) is 12.1 Å². The Kier molecular flexibility index (Phi) is 4.37. The minimum absolute atomic E-state index is 0.280. The number of halogens is 3. The molecular weight excluding hydrogens is 282 g/mol. The molecule has 0 bridgehead atoms. The van der Waals surface area contributed by atoms with Crippen molar-refractivity contribution in [2.75, 3.05) is 12.4 Å². The van der Waals surface area contributed by atoms with Crippen molar-refractivity contribution < 1.29 is 13.6 Å². The van der Waals surface area contributed by atoms with Gasteiger partial charge in [0.2, 0.25) is 5.91 Å². The zero-order valence-electron chi connectivity index (χ0n) is 8.77. The highest BCUT2D eigenvalue weighted by atomic mass is 79.9. The predicted octanol–water partition coefficient (Wildman–Crippen LogP) is 2.27. The first-order valence-corrected chi connectivity index (χ1v) is 5.37. The van der Waals surface area contributed by atoms with E-state index >= 15 is 0 Å². The van der Waals surface area contributed by atoms with Crippen molar-refractivity contribution in [3.8, 4) is 0 Å². The molecule has 0 saturated carbocycles. The lowest BCUT2D eigenvalue weighted by Gasteiger charge is -2.12. The van der Waals surface area contributed by atoms with Crippen molar-refractivity contribution in [3.05, 3.63) is 28.2 Å². The second-order valence-corrected chi connectivity index (χ2v) is 4.16. The lowest BCUT2D eigenvalue weighted by atomic mass is 10.2. The van der Waals surface area contributed by atoms with Crippen LogP contribution in [0, 0.1) is 11.6 Å². The third kappa shape index (κ3) is 2.99. The molecule has 0 heterocycles. The Labute approximate surface area is 100 Å². The van der Waals surface area contributed by atoms with Gasteiger partial charge in [-0.15, -0.1) is 0 Å². The normalized spacial score (nSPS) is 12.3. The standard InChI is InChI=1S/C10H11BrF2N2O/c1-5(14-2)10(16)15-9-7(12)3-6(11)4-8(9)13/h3-5,14H,1-2H3,(H,15,16). The van der Waals surface area contributed by atoms with Gasteiger partial charge in [0.05, 0.1) is 6.04 Å². The number of hydrogen-bond acceptors (Lipinski definition) is 2. The summed E-state index contributed by atoms with van der Waals surface area (Å²) in [5.74, 6) is -2.13. The van der Waals surface area contributed by atoms with Gasteiger partial charge in [-0.25, -0.2) is 8.78 Å². The number of hydrogen-bond donors (Lipinski definition) is 2. The first-order chi connectivity index (χ1) is 7.45. The molecule has 0 aliphatic carbocycles. The Morgan fingerprint density at radius 1 is 1.38 bits per heavy atom. The van der Waals surface area contributed by atoms with Crippen LogP contribution in [-0.2, 0) is 4.79 Å². The molecule has 1 amide bonds. The van der Waals surface area contributed by atoms with Gasteiger partial charge in [-0.05, 0) is 26.1 Å². The van der Waals surface area contributed by atoms with Crippen LogP contribution in [0.1, 0.15) is 6.92 Å². The fourth-order valence-electron chi connectivity index (χ4n) is 1.02. The summed E-state index contributed by atoms with van der Waals surface area (Å²) in [5.41, 5.74) is -0.435. The van der Waals surface area contributed by atoms with Crippen LogP contribution in [-0.4, -0.2) is 19.0 Å². The van der Waals surface area contributed by atoms with E-state index in [-0.39, 0.29) is 4.47 Å². The number of amides is 1. The van der Waals surface area contributed by atoms with E-state index < -0.39 is 29.3 Å². The van der Waals surface area contributed by atoms with E-state index in [9.17, 15) is 13.6 Å². The first kappa shape index (κ1) is 13.1. The number of carbonyl (C=O) groups excluding carboxylic acids is 1. The number of benzene rings is 1. The van der Waals surface area contributed by atoms with Gasteiger partial charge in [-0.3, -0.25) is 4.79 Å². The van der Waals surface area contributed by atoms with Crippen molar-refractivity contribution >= 4 is 27.5 Å². The van der Waals surface area contributed by atoms with E-state index in [2.05, 4.69) is 26.6 Å². The summed E-state index contributed by atoms with van der Waals surface area (Å²) in [6.07, 6.45) is 0. The maximum Gasteiger partial charge on any atom is 0.241 e. The zero-order valence-corrected chi connectivity index (χ0v) is 10.4. The minimum Gasteiger partial charge on any atom is -0.320 e. The third-order valence-electron chi connectivity index (χ3n) is 2.08. The second kappa shape index (κ2) is 5.36. The van der Waals surface area contributed by atoms with Gasteiger partial charge in [0, 0.05) is 4.47 Å². The van der Waals surface area contributed by atoms with E-state index in [1.807, 2.05) is 0 Å². The molecule has 0 aliphatic rings. The third-order valence-corrected chi connectivity index (χ3v) is 2.54. The summed E-state index contributed by atoms with van der Waals surface area (Å²) in [4.78, 5) is 11.4. The molecule has 0 saturated heterocycles. The monoisotopic (exact) mass is 292 g/mol. The van der Waals surface area contributed by atoms with Gasteiger partial charge in [0.15, 0.2) is 11.6 Å². The Morgan fingerprint density at radius 3 is 2.31 bits per heavy atom. The molecule has 2 N–H and O–H groups in total. The van der Waals surface area contributed by atoms with E-state index in [1.165, 1.54) is 0 Å². The van der Waals surface area contributed by atoms with Crippen molar-refractivity contribution in [1.29, 1.82) is 0 Å². The van der Waals surface area contributed by atoms with Crippen molar-refractivity contribution in [3.63, 3.8) is 0 Å². The quantitative estimate of drug-likeness (QED) is 0.897. The second-order valence-electron chi connectivity index (χ2n) is 3.24. The van der Waals surface area contributed by atoms with Gasteiger partial charge in [0.1, 0.15) is 5.69 Å². The van der Waals surface area contributed by atoms with E-state index in [0.29, 0.717) is 0 Å². The summed E-state index contributed by atoms with van der Waals surface area (Å²) in [7, 11) is 1.58. The summed E-state index contributed by atoms with van der Waals surface area (Å²) in [5, 5.41) is 4.85.